The van der Waals surface area contributed by atoms with Gasteiger partial charge in [0.25, 0.3) is 0 Å². The lowest BCUT2D eigenvalue weighted by atomic mass is 9.65. The molecule has 1 heterocycles. The summed E-state index contributed by atoms with van der Waals surface area (Å²) in [6, 6.07) is 8.75. The molecule has 9 atom stereocenters. The fourth-order valence-electron chi connectivity index (χ4n) is 12.5. The molecule has 0 radical (unpaired) electrons. The van der Waals surface area contributed by atoms with Crippen molar-refractivity contribution < 1.29 is 0 Å². The van der Waals surface area contributed by atoms with Crippen LogP contribution in [0.5, 0.6) is 0 Å². The average Bonchev–Trinajstić information content (AvgIpc) is 3.68. The molecule has 8 unspecified atom stereocenters. The third-order valence-electron chi connectivity index (χ3n) is 15.5. The maximum absolute atomic E-state index is 2.97. The Morgan fingerprint density at radius 1 is 0.672 bits per heavy atom. The van der Waals surface area contributed by atoms with E-state index in [1.54, 1.807) is 33.6 Å². The highest BCUT2D eigenvalue weighted by Crippen LogP contribution is 2.50. The number of benzene rings is 1. The van der Waals surface area contributed by atoms with E-state index in [4.69, 9.17) is 0 Å². The Bertz CT molecular complexity index is 2310. The van der Waals surface area contributed by atoms with Crippen molar-refractivity contribution in [1.29, 1.82) is 0 Å². The van der Waals surface area contributed by atoms with E-state index < -0.39 is 0 Å². The van der Waals surface area contributed by atoms with Gasteiger partial charge in [-0.2, -0.15) is 0 Å². The Labute approximate surface area is 347 Å². The smallest absolute Gasteiger partial charge is 0.0396 e. The zero-order valence-corrected chi connectivity index (χ0v) is 34.1. The van der Waals surface area contributed by atoms with Gasteiger partial charge in [0.05, 0.1) is 0 Å². The van der Waals surface area contributed by atoms with Crippen LogP contribution in [0.4, 0.5) is 0 Å². The van der Waals surface area contributed by atoms with E-state index in [0.717, 1.165) is 25.7 Å². The van der Waals surface area contributed by atoms with Crippen molar-refractivity contribution in [1.82, 2.24) is 4.90 Å². The molecule has 1 aliphatic heterocycles. The molecular formula is C57H59N. The molecule has 11 rings (SSSR count). The zero-order chi connectivity index (χ0) is 38.4. The highest BCUT2D eigenvalue weighted by molar-refractivity contribution is 5.71. The Morgan fingerprint density at radius 3 is 2.38 bits per heavy atom. The van der Waals surface area contributed by atoms with Gasteiger partial charge in [-0.1, -0.05) is 164 Å². The maximum atomic E-state index is 2.97. The lowest BCUT2D eigenvalue weighted by molar-refractivity contribution is 0.151. The molecular weight excluding hydrogens is 699 g/mol. The van der Waals surface area contributed by atoms with Crippen molar-refractivity contribution in [2.45, 2.75) is 95.1 Å². The summed E-state index contributed by atoms with van der Waals surface area (Å²) < 4.78 is 0. The van der Waals surface area contributed by atoms with E-state index in [1.807, 2.05) is 0 Å². The van der Waals surface area contributed by atoms with Gasteiger partial charge >= 0.3 is 0 Å². The Kier molecular flexibility index (Phi) is 9.81. The van der Waals surface area contributed by atoms with Crippen molar-refractivity contribution in [3.05, 3.63) is 208 Å². The minimum Gasteiger partial charge on any atom is -0.367 e. The highest BCUT2D eigenvalue weighted by Gasteiger charge is 2.42. The molecule has 9 aliphatic carbocycles. The van der Waals surface area contributed by atoms with Crippen LogP contribution in [0.15, 0.2) is 191 Å². The van der Waals surface area contributed by atoms with E-state index in [-0.39, 0.29) is 0 Å². The second-order valence-electron chi connectivity index (χ2n) is 18.8. The molecule has 0 amide bonds. The van der Waals surface area contributed by atoms with Crippen LogP contribution in [0.2, 0.25) is 0 Å². The van der Waals surface area contributed by atoms with Crippen LogP contribution >= 0.6 is 0 Å². The first-order chi connectivity index (χ1) is 28.7. The predicted molar refractivity (Wildman–Crippen MR) is 244 cm³/mol. The fourth-order valence-corrected chi connectivity index (χ4v) is 12.5. The lowest BCUT2D eigenvalue weighted by Crippen LogP contribution is -2.44. The molecule has 292 valence electrons. The molecule has 58 heavy (non-hydrogen) atoms. The van der Waals surface area contributed by atoms with Gasteiger partial charge in [-0.25, -0.2) is 0 Å². The molecule has 0 N–H and O–H groups in total. The van der Waals surface area contributed by atoms with Crippen molar-refractivity contribution in [3.8, 4) is 0 Å². The number of nitrogens with zero attached hydrogens (tertiary/aromatic N) is 1. The van der Waals surface area contributed by atoms with E-state index >= 15 is 0 Å². The summed E-state index contributed by atoms with van der Waals surface area (Å²) in [7, 11) is 0. The first kappa shape index (κ1) is 36.2. The molecule has 1 aromatic rings. The Hall–Kier alpha value is -4.88. The number of rotatable bonds is 7. The molecule has 1 aromatic carbocycles. The van der Waals surface area contributed by atoms with Gasteiger partial charge in [0, 0.05) is 41.5 Å². The van der Waals surface area contributed by atoms with Gasteiger partial charge in [-0.15, -0.1) is 0 Å². The van der Waals surface area contributed by atoms with Crippen LogP contribution in [0.3, 0.4) is 0 Å². The Morgan fingerprint density at radius 2 is 1.55 bits per heavy atom. The monoisotopic (exact) mass is 757 g/mol. The van der Waals surface area contributed by atoms with Crippen molar-refractivity contribution in [2.24, 2.45) is 35.5 Å². The number of fused-ring (bicyclic) bond motifs is 4. The summed E-state index contributed by atoms with van der Waals surface area (Å²) in [4.78, 5) is 2.97. The van der Waals surface area contributed by atoms with Crippen LogP contribution in [0.25, 0.3) is 6.08 Å². The summed E-state index contributed by atoms with van der Waals surface area (Å²) in [5, 5.41) is 0. The quantitative estimate of drug-likeness (QED) is 0.250. The summed E-state index contributed by atoms with van der Waals surface area (Å²) in [6.07, 6.45) is 69.5. The second kappa shape index (κ2) is 15.7. The third kappa shape index (κ3) is 6.83. The molecule has 0 bridgehead atoms. The molecule has 10 aliphatic rings. The van der Waals surface area contributed by atoms with Crippen LogP contribution in [-0.2, 0) is 6.42 Å². The van der Waals surface area contributed by atoms with Gasteiger partial charge in [0.2, 0.25) is 0 Å². The van der Waals surface area contributed by atoms with E-state index in [1.165, 1.54) is 73.6 Å². The molecule has 0 saturated heterocycles. The first-order valence-electron chi connectivity index (χ1n) is 22.9. The molecule has 0 aromatic heterocycles. The van der Waals surface area contributed by atoms with Crippen molar-refractivity contribution in [2.75, 3.05) is 0 Å². The van der Waals surface area contributed by atoms with Gasteiger partial charge in [-0.05, 0) is 139 Å². The molecule has 0 fully saturated rings. The molecule has 0 saturated carbocycles. The van der Waals surface area contributed by atoms with E-state index in [0.29, 0.717) is 53.5 Å². The molecule has 0 spiro atoms. The normalized spacial score (nSPS) is 34.2. The average molecular weight is 758 g/mol. The first-order valence-corrected chi connectivity index (χ1v) is 22.9. The SMILES string of the molecule is C1=CCC(C[C@@H]2Cc3cc(C4C=CC5=C(C4)N(C4CC=C(C6C=CC=CC6)CC4)C(C4C=CC=CC4)C5)ccc3C=C2C2=C3C=CCCC3C3C=CC=CC3=C2)C=C1. The van der Waals surface area contributed by atoms with Crippen LogP contribution < -0.4 is 0 Å². The van der Waals surface area contributed by atoms with Gasteiger partial charge in [0.1, 0.15) is 0 Å². The Balaban J connectivity index is 0.898. The molecule has 1 nitrogen and oxygen atoms in total. The largest absolute Gasteiger partial charge is 0.367 e. The number of hydrogen-bond acceptors (Lipinski definition) is 1. The fraction of sp³-hybridized carbons (Fsp3) is 0.368. The number of hydrogen-bond donors (Lipinski definition) is 0. The van der Waals surface area contributed by atoms with Crippen LogP contribution in [-0.4, -0.2) is 17.0 Å². The maximum Gasteiger partial charge on any atom is 0.0396 e. The summed E-state index contributed by atoms with van der Waals surface area (Å²) in [5.74, 6) is 3.80. The third-order valence-corrected chi connectivity index (χ3v) is 15.5. The minimum atomic E-state index is 0.417. The summed E-state index contributed by atoms with van der Waals surface area (Å²) in [6.45, 7) is 0. The molecule has 1 heteroatoms. The second-order valence-corrected chi connectivity index (χ2v) is 18.8. The highest BCUT2D eigenvalue weighted by atomic mass is 15.2. The van der Waals surface area contributed by atoms with Gasteiger partial charge in [0.15, 0.2) is 0 Å². The topological polar surface area (TPSA) is 3.24 Å². The minimum absolute atomic E-state index is 0.417. The van der Waals surface area contributed by atoms with Crippen molar-refractivity contribution >= 4 is 6.08 Å². The zero-order valence-electron chi connectivity index (χ0n) is 34.1. The summed E-state index contributed by atoms with van der Waals surface area (Å²) >= 11 is 0. The number of allylic oxidation sites excluding steroid dienone is 26. The van der Waals surface area contributed by atoms with E-state index in [9.17, 15) is 0 Å². The summed E-state index contributed by atoms with van der Waals surface area (Å²) in [5.41, 5.74) is 15.6. The standard InChI is InChI=1S/C57H59N/c1-4-14-39(15-5-1)32-49-34-48-33-43(24-25-44(48)35-54(49)55-36-46-20-10-11-21-51(46)52-22-12-13-23-53(52)55)45-26-27-47-38-56(42-18-8-3-9-19-42)58(57(47)37-45)50-30-28-41(29-31-50)40-16-6-2-7-17-40/h1-11,13-14,16,18,20-21,23-28,33,35-36,39-40,42,45,49-52,56H,12,15,17,19,22,29-32,34,37-38H2/t39?,40?,42?,45?,49-,50?,51?,52?,56?/m1/s1. The van der Waals surface area contributed by atoms with Crippen molar-refractivity contribution in [3.63, 3.8) is 0 Å². The van der Waals surface area contributed by atoms with Crippen LogP contribution in [0.1, 0.15) is 93.2 Å². The van der Waals surface area contributed by atoms with Crippen LogP contribution in [0, 0.1) is 35.5 Å². The van der Waals surface area contributed by atoms with Gasteiger partial charge < -0.3 is 4.90 Å². The van der Waals surface area contributed by atoms with E-state index in [2.05, 4.69) is 163 Å². The predicted octanol–water partition coefficient (Wildman–Crippen LogP) is 13.8. The van der Waals surface area contributed by atoms with Gasteiger partial charge in [-0.3, -0.25) is 0 Å². The lowest BCUT2D eigenvalue weighted by Gasteiger charge is -2.43.